The molecule has 36 heavy (non-hydrogen) atoms. The molecule has 0 amide bonds. The summed E-state index contributed by atoms with van der Waals surface area (Å²) in [5.41, 5.74) is 2.82. The fourth-order valence-electron chi connectivity index (χ4n) is 5.17. The van der Waals surface area contributed by atoms with Gasteiger partial charge in [-0.25, -0.2) is 24.3 Å². The summed E-state index contributed by atoms with van der Waals surface area (Å²) in [4.78, 5) is 22.8. The Bertz CT molecular complexity index is 1400. The number of hydrogen-bond donors (Lipinski definition) is 3. The molecule has 1 saturated heterocycles. The van der Waals surface area contributed by atoms with Gasteiger partial charge in [0, 0.05) is 47.7 Å². The van der Waals surface area contributed by atoms with Crippen LogP contribution in [0.1, 0.15) is 51.0 Å². The standard InChI is InChI=1S/C27H29FN8/c1-15-10-19(11-16(2)32-15)33-27-24-20(17-5-6-17)13-29-14-22(24)34-25(36-27)18-7-9-30-23(12-18)35-26-21(28)4-3-8-31-26/h3-4,7-9,12-17,19,32H,5-6,10-11H2,1-2H3,(H,30,31,35)(H,33,34,36). The zero-order chi connectivity index (χ0) is 24.6. The number of fused-ring (bicyclic) bond motifs is 1. The van der Waals surface area contributed by atoms with Gasteiger partial charge in [-0.2, -0.15) is 0 Å². The SMILES string of the molecule is CC1CC(Nc2nc(-c3ccnc(Nc4ncccc4F)c3)nc3cncc(C4CC4)c23)CC(C)N1. The number of nitrogens with one attached hydrogen (secondary N) is 3. The van der Waals surface area contributed by atoms with E-state index >= 15 is 0 Å². The first-order chi connectivity index (χ1) is 17.5. The molecule has 0 aromatic carbocycles. The van der Waals surface area contributed by atoms with E-state index in [2.05, 4.69) is 44.7 Å². The van der Waals surface area contributed by atoms with Crippen molar-refractivity contribution < 1.29 is 4.39 Å². The van der Waals surface area contributed by atoms with E-state index in [1.54, 1.807) is 12.3 Å². The van der Waals surface area contributed by atoms with Crippen molar-refractivity contribution in [3.8, 4) is 11.4 Å². The minimum absolute atomic E-state index is 0.122. The lowest BCUT2D eigenvalue weighted by Crippen LogP contribution is -2.46. The van der Waals surface area contributed by atoms with Gasteiger partial charge in [0.1, 0.15) is 11.6 Å². The Hall–Kier alpha value is -3.72. The molecule has 1 aliphatic heterocycles. The molecular formula is C27H29FN8. The van der Waals surface area contributed by atoms with E-state index in [0.717, 1.165) is 35.1 Å². The molecule has 184 valence electrons. The number of anilines is 3. The van der Waals surface area contributed by atoms with Crippen LogP contribution in [-0.2, 0) is 0 Å². The Morgan fingerprint density at radius 3 is 2.58 bits per heavy atom. The highest BCUT2D eigenvalue weighted by molar-refractivity contribution is 5.93. The van der Waals surface area contributed by atoms with Gasteiger partial charge in [-0.3, -0.25) is 4.98 Å². The third kappa shape index (κ3) is 4.70. The highest BCUT2D eigenvalue weighted by Crippen LogP contribution is 2.44. The van der Waals surface area contributed by atoms with Crippen LogP contribution in [0.15, 0.2) is 49.1 Å². The number of piperidine rings is 1. The molecule has 4 aromatic heterocycles. The van der Waals surface area contributed by atoms with Crippen molar-refractivity contribution in [2.75, 3.05) is 10.6 Å². The van der Waals surface area contributed by atoms with Crippen LogP contribution < -0.4 is 16.0 Å². The van der Waals surface area contributed by atoms with Gasteiger partial charge in [-0.15, -0.1) is 0 Å². The van der Waals surface area contributed by atoms with Crippen LogP contribution >= 0.6 is 0 Å². The Morgan fingerprint density at radius 1 is 0.972 bits per heavy atom. The third-order valence-corrected chi connectivity index (χ3v) is 6.86. The van der Waals surface area contributed by atoms with E-state index < -0.39 is 5.82 Å². The molecule has 2 fully saturated rings. The molecule has 3 N–H and O–H groups in total. The van der Waals surface area contributed by atoms with E-state index in [1.807, 2.05) is 24.5 Å². The average Bonchev–Trinajstić information content (AvgIpc) is 3.70. The highest BCUT2D eigenvalue weighted by Gasteiger charge is 2.29. The minimum atomic E-state index is -0.442. The van der Waals surface area contributed by atoms with Crippen LogP contribution in [-0.4, -0.2) is 43.0 Å². The summed E-state index contributed by atoms with van der Waals surface area (Å²) < 4.78 is 14.1. The lowest BCUT2D eigenvalue weighted by molar-refractivity contribution is 0.329. The normalized spacial score (nSPS) is 21.9. The smallest absolute Gasteiger partial charge is 0.167 e. The molecule has 5 heterocycles. The van der Waals surface area contributed by atoms with E-state index in [-0.39, 0.29) is 5.82 Å². The lowest BCUT2D eigenvalue weighted by atomic mass is 9.95. The molecule has 1 aliphatic carbocycles. The second-order valence-corrected chi connectivity index (χ2v) is 9.96. The predicted molar refractivity (Wildman–Crippen MR) is 139 cm³/mol. The second-order valence-electron chi connectivity index (χ2n) is 9.96. The molecule has 0 radical (unpaired) electrons. The van der Waals surface area contributed by atoms with Gasteiger partial charge in [0.2, 0.25) is 0 Å². The summed E-state index contributed by atoms with van der Waals surface area (Å²) in [7, 11) is 0. The Kier molecular flexibility index (Phi) is 5.92. The number of rotatable bonds is 6. The average molecular weight is 485 g/mol. The maximum absolute atomic E-state index is 14.1. The van der Waals surface area contributed by atoms with Gasteiger partial charge in [-0.1, -0.05) is 0 Å². The molecule has 2 atom stereocenters. The molecule has 0 spiro atoms. The summed E-state index contributed by atoms with van der Waals surface area (Å²) in [6.07, 6.45) is 11.4. The molecule has 2 unspecified atom stereocenters. The van der Waals surface area contributed by atoms with Crippen molar-refractivity contribution in [2.45, 2.75) is 63.6 Å². The maximum atomic E-state index is 14.1. The zero-order valence-corrected chi connectivity index (χ0v) is 20.4. The first-order valence-corrected chi connectivity index (χ1v) is 12.6. The topological polar surface area (TPSA) is 101 Å². The number of pyridine rings is 3. The predicted octanol–water partition coefficient (Wildman–Crippen LogP) is 5.18. The quantitative estimate of drug-likeness (QED) is 0.344. The van der Waals surface area contributed by atoms with E-state index in [9.17, 15) is 4.39 Å². The summed E-state index contributed by atoms with van der Waals surface area (Å²) in [6.45, 7) is 4.45. The number of halogens is 1. The fourth-order valence-corrected chi connectivity index (χ4v) is 5.17. The van der Waals surface area contributed by atoms with Crippen molar-refractivity contribution in [1.29, 1.82) is 0 Å². The Morgan fingerprint density at radius 2 is 1.81 bits per heavy atom. The summed E-state index contributed by atoms with van der Waals surface area (Å²) >= 11 is 0. The van der Waals surface area contributed by atoms with E-state index in [1.165, 1.54) is 30.7 Å². The molecule has 8 nitrogen and oxygen atoms in total. The molecule has 6 rings (SSSR count). The largest absolute Gasteiger partial charge is 0.367 e. The van der Waals surface area contributed by atoms with Gasteiger partial charge in [0.05, 0.1) is 11.7 Å². The lowest BCUT2D eigenvalue weighted by Gasteiger charge is -2.34. The van der Waals surface area contributed by atoms with Gasteiger partial charge in [-0.05, 0) is 75.3 Å². The maximum Gasteiger partial charge on any atom is 0.167 e. The van der Waals surface area contributed by atoms with Gasteiger partial charge in [0.25, 0.3) is 0 Å². The van der Waals surface area contributed by atoms with Crippen LogP contribution in [0.2, 0.25) is 0 Å². The van der Waals surface area contributed by atoms with Crippen molar-refractivity contribution in [2.24, 2.45) is 0 Å². The molecule has 1 saturated carbocycles. The third-order valence-electron chi connectivity index (χ3n) is 6.86. The van der Waals surface area contributed by atoms with E-state index in [0.29, 0.717) is 35.7 Å². The van der Waals surface area contributed by atoms with Crippen LogP contribution in [0.3, 0.4) is 0 Å². The first-order valence-electron chi connectivity index (χ1n) is 12.6. The van der Waals surface area contributed by atoms with Crippen LogP contribution in [0.4, 0.5) is 21.8 Å². The molecular weight excluding hydrogens is 455 g/mol. The molecule has 9 heteroatoms. The monoisotopic (exact) mass is 484 g/mol. The van der Waals surface area contributed by atoms with Crippen LogP contribution in [0, 0.1) is 5.82 Å². The molecule has 0 bridgehead atoms. The van der Waals surface area contributed by atoms with Gasteiger partial charge >= 0.3 is 0 Å². The van der Waals surface area contributed by atoms with E-state index in [4.69, 9.17) is 9.97 Å². The van der Waals surface area contributed by atoms with Gasteiger partial charge in [0.15, 0.2) is 17.5 Å². The van der Waals surface area contributed by atoms with Gasteiger partial charge < -0.3 is 16.0 Å². The second kappa shape index (κ2) is 9.39. The summed E-state index contributed by atoms with van der Waals surface area (Å²) in [5, 5.41) is 11.4. The van der Waals surface area contributed by atoms with Crippen molar-refractivity contribution in [3.63, 3.8) is 0 Å². The summed E-state index contributed by atoms with van der Waals surface area (Å²) in [5.74, 6) is 2.09. The Balaban J connectivity index is 1.40. The van der Waals surface area contributed by atoms with Crippen LogP contribution in [0.25, 0.3) is 22.3 Å². The van der Waals surface area contributed by atoms with Crippen molar-refractivity contribution >= 4 is 28.4 Å². The zero-order valence-electron chi connectivity index (χ0n) is 20.4. The Labute approximate surface area is 209 Å². The minimum Gasteiger partial charge on any atom is -0.367 e. The summed E-state index contributed by atoms with van der Waals surface area (Å²) in [6, 6.07) is 7.76. The van der Waals surface area contributed by atoms with Crippen LogP contribution in [0.5, 0.6) is 0 Å². The van der Waals surface area contributed by atoms with Crippen molar-refractivity contribution in [3.05, 3.63) is 60.4 Å². The van der Waals surface area contributed by atoms with Crippen molar-refractivity contribution in [1.82, 2.24) is 30.2 Å². The molecule has 4 aromatic rings. The fraction of sp³-hybridized carbons (Fsp3) is 0.370. The number of hydrogen-bond acceptors (Lipinski definition) is 8. The first kappa shape index (κ1) is 22.7. The molecule has 2 aliphatic rings. The number of aromatic nitrogens is 5. The highest BCUT2D eigenvalue weighted by atomic mass is 19.1. The number of nitrogens with zero attached hydrogens (tertiary/aromatic N) is 5.